The van der Waals surface area contributed by atoms with Crippen molar-refractivity contribution >= 4 is 36.6 Å². The van der Waals surface area contributed by atoms with Crippen molar-refractivity contribution in [3.63, 3.8) is 0 Å². The molecule has 162 valence electrons. The molecule has 0 fully saturated rings. The van der Waals surface area contributed by atoms with E-state index in [9.17, 15) is 0 Å². The minimum atomic E-state index is 0. The van der Waals surface area contributed by atoms with E-state index in [1.54, 1.807) is 13.3 Å². The van der Waals surface area contributed by atoms with E-state index in [4.69, 9.17) is 14.5 Å². The Hall–Kier alpha value is -2.82. The number of allylic oxidation sites excluding steroid dienone is 1. The second kappa shape index (κ2) is 11.5. The van der Waals surface area contributed by atoms with Crippen LogP contribution in [-0.2, 0) is 0 Å². The topological polar surface area (TPSA) is 43.7 Å². The standard InChI is InChI=1S/C25H24N2O2.2ClH/c1-18-6-3-9-22(14-18)29-23-11-10-19(24(16-23)28-2)15-20-7-5-13-27-25(20)21-8-4-12-26-17-21;;/h3-4,6,8-12,14-17H,5,7,13H2,1-2H3;2*1H/b20-15+;;. The van der Waals surface area contributed by atoms with Gasteiger partial charge in [0.1, 0.15) is 17.2 Å². The molecule has 3 aromatic rings. The highest BCUT2D eigenvalue weighted by Gasteiger charge is 2.15. The van der Waals surface area contributed by atoms with Gasteiger partial charge in [-0.1, -0.05) is 12.1 Å². The predicted molar refractivity (Wildman–Crippen MR) is 132 cm³/mol. The highest BCUT2D eigenvalue weighted by atomic mass is 35.5. The number of hydrogen-bond donors (Lipinski definition) is 0. The molecule has 31 heavy (non-hydrogen) atoms. The van der Waals surface area contributed by atoms with Crippen molar-refractivity contribution in [2.75, 3.05) is 13.7 Å². The first-order chi connectivity index (χ1) is 14.2. The van der Waals surface area contributed by atoms with Gasteiger partial charge in [0.2, 0.25) is 0 Å². The molecule has 2 aromatic carbocycles. The SMILES string of the molecule is COc1cc(Oc2cccc(C)c2)ccc1/C=C1\CCCN=C1c1cccnc1.Cl.Cl. The molecule has 0 aliphatic carbocycles. The Morgan fingerprint density at radius 2 is 1.81 bits per heavy atom. The fraction of sp³-hybridized carbons (Fsp3) is 0.200. The van der Waals surface area contributed by atoms with E-state index in [0.29, 0.717) is 0 Å². The lowest BCUT2D eigenvalue weighted by Gasteiger charge is -2.17. The summed E-state index contributed by atoms with van der Waals surface area (Å²) in [7, 11) is 1.69. The molecule has 0 saturated carbocycles. The average molecular weight is 457 g/mol. The minimum absolute atomic E-state index is 0. The van der Waals surface area contributed by atoms with E-state index in [1.807, 2.05) is 61.7 Å². The second-order valence-corrected chi connectivity index (χ2v) is 7.07. The van der Waals surface area contributed by atoms with Crippen LogP contribution < -0.4 is 9.47 Å². The van der Waals surface area contributed by atoms with Gasteiger partial charge in [0.15, 0.2) is 0 Å². The number of methoxy groups -OCH3 is 1. The number of ether oxygens (including phenoxy) is 2. The zero-order valence-electron chi connectivity index (χ0n) is 17.6. The molecule has 0 unspecified atom stereocenters. The van der Waals surface area contributed by atoms with Gasteiger partial charge in [-0.15, -0.1) is 24.8 Å². The zero-order valence-corrected chi connectivity index (χ0v) is 19.2. The maximum Gasteiger partial charge on any atom is 0.131 e. The highest BCUT2D eigenvalue weighted by molar-refractivity contribution is 6.15. The number of rotatable bonds is 5. The van der Waals surface area contributed by atoms with Crippen LogP contribution in [0.1, 0.15) is 29.5 Å². The van der Waals surface area contributed by atoms with Crippen molar-refractivity contribution in [2.24, 2.45) is 4.99 Å². The first-order valence-electron chi connectivity index (χ1n) is 9.81. The third-order valence-electron chi connectivity index (χ3n) is 4.87. The Kier molecular flexibility index (Phi) is 9.10. The minimum Gasteiger partial charge on any atom is -0.496 e. The van der Waals surface area contributed by atoms with E-state index in [0.717, 1.165) is 59.0 Å². The predicted octanol–water partition coefficient (Wildman–Crippen LogP) is 6.70. The summed E-state index contributed by atoms with van der Waals surface area (Å²) in [6, 6.07) is 17.9. The first-order valence-corrected chi connectivity index (χ1v) is 9.81. The largest absolute Gasteiger partial charge is 0.496 e. The van der Waals surface area contributed by atoms with Crippen LogP contribution in [0.4, 0.5) is 0 Å². The van der Waals surface area contributed by atoms with E-state index in [-0.39, 0.29) is 24.8 Å². The molecule has 1 aromatic heterocycles. The molecule has 6 heteroatoms. The molecular formula is C25H26Cl2N2O2. The fourth-order valence-electron chi connectivity index (χ4n) is 3.48. The number of hydrogen-bond acceptors (Lipinski definition) is 4. The van der Waals surface area contributed by atoms with Crippen LogP contribution in [0.25, 0.3) is 6.08 Å². The van der Waals surface area contributed by atoms with E-state index in [2.05, 4.69) is 17.1 Å². The van der Waals surface area contributed by atoms with Crippen LogP contribution in [-0.4, -0.2) is 24.4 Å². The molecule has 4 rings (SSSR count). The number of aryl methyl sites for hydroxylation is 1. The molecule has 0 saturated heterocycles. The molecule has 0 N–H and O–H groups in total. The molecule has 0 spiro atoms. The van der Waals surface area contributed by atoms with Gasteiger partial charge < -0.3 is 9.47 Å². The molecule has 0 atom stereocenters. The van der Waals surface area contributed by atoms with Crippen LogP contribution in [0.15, 0.2) is 77.6 Å². The van der Waals surface area contributed by atoms with Crippen molar-refractivity contribution in [3.05, 3.63) is 89.3 Å². The molecule has 0 amide bonds. The number of benzene rings is 2. The molecule has 0 bridgehead atoms. The Morgan fingerprint density at radius 3 is 2.55 bits per heavy atom. The van der Waals surface area contributed by atoms with Gasteiger partial charge in [0, 0.05) is 36.1 Å². The third-order valence-corrected chi connectivity index (χ3v) is 4.87. The van der Waals surface area contributed by atoms with Crippen molar-refractivity contribution in [3.8, 4) is 17.2 Å². The summed E-state index contributed by atoms with van der Waals surface area (Å²) >= 11 is 0. The lowest BCUT2D eigenvalue weighted by atomic mass is 9.94. The summed E-state index contributed by atoms with van der Waals surface area (Å²) in [6.45, 7) is 2.90. The summed E-state index contributed by atoms with van der Waals surface area (Å²) in [5, 5.41) is 0. The Labute approximate surface area is 195 Å². The number of aromatic nitrogens is 1. The van der Waals surface area contributed by atoms with Crippen LogP contribution in [0.3, 0.4) is 0 Å². The van der Waals surface area contributed by atoms with E-state index in [1.165, 1.54) is 5.57 Å². The number of aliphatic imine (C=N–C) groups is 1. The van der Waals surface area contributed by atoms with Gasteiger partial charge in [-0.3, -0.25) is 9.98 Å². The Morgan fingerprint density at radius 1 is 0.968 bits per heavy atom. The quantitative estimate of drug-likeness (QED) is 0.428. The van der Waals surface area contributed by atoms with Crippen molar-refractivity contribution in [2.45, 2.75) is 19.8 Å². The maximum absolute atomic E-state index is 6.00. The smallest absolute Gasteiger partial charge is 0.131 e. The summed E-state index contributed by atoms with van der Waals surface area (Å²) in [5.74, 6) is 2.34. The van der Waals surface area contributed by atoms with Gasteiger partial charge in [-0.25, -0.2) is 0 Å². The monoisotopic (exact) mass is 456 g/mol. The highest BCUT2D eigenvalue weighted by Crippen LogP contribution is 2.31. The summed E-state index contributed by atoms with van der Waals surface area (Å²) in [4.78, 5) is 9.00. The Balaban J connectivity index is 0.00000171. The lowest BCUT2D eigenvalue weighted by molar-refractivity contribution is 0.408. The van der Waals surface area contributed by atoms with Crippen molar-refractivity contribution in [1.29, 1.82) is 0 Å². The van der Waals surface area contributed by atoms with Crippen molar-refractivity contribution < 1.29 is 9.47 Å². The molecule has 4 nitrogen and oxygen atoms in total. The number of pyridine rings is 1. The zero-order chi connectivity index (χ0) is 20.1. The van der Waals surface area contributed by atoms with Gasteiger partial charge in [-0.05, 0) is 73.4 Å². The van der Waals surface area contributed by atoms with Crippen LogP contribution in [0.2, 0.25) is 0 Å². The van der Waals surface area contributed by atoms with Crippen LogP contribution >= 0.6 is 24.8 Å². The molecule has 0 radical (unpaired) electrons. The van der Waals surface area contributed by atoms with Gasteiger partial charge in [-0.2, -0.15) is 0 Å². The lowest BCUT2D eigenvalue weighted by Crippen LogP contribution is -2.12. The first kappa shape index (κ1) is 24.4. The molecular weight excluding hydrogens is 431 g/mol. The van der Waals surface area contributed by atoms with Crippen molar-refractivity contribution in [1.82, 2.24) is 4.98 Å². The van der Waals surface area contributed by atoms with Crippen LogP contribution in [0, 0.1) is 6.92 Å². The van der Waals surface area contributed by atoms with Gasteiger partial charge in [0.25, 0.3) is 0 Å². The summed E-state index contributed by atoms with van der Waals surface area (Å²) in [6.07, 6.45) is 7.85. The second-order valence-electron chi connectivity index (χ2n) is 7.07. The van der Waals surface area contributed by atoms with Gasteiger partial charge in [0.05, 0.1) is 12.8 Å². The normalized spacial score (nSPS) is 14.1. The molecule has 1 aliphatic rings. The van der Waals surface area contributed by atoms with Crippen LogP contribution in [0.5, 0.6) is 17.2 Å². The fourth-order valence-corrected chi connectivity index (χ4v) is 3.48. The maximum atomic E-state index is 6.00. The summed E-state index contributed by atoms with van der Waals surface area (Å²) < 4.78 is 11.7. The summed E-state index contributed by atoms with van der Waals surface area (Å²) in [5.41, 5.74) is 5.45. The number of nitrogens with zero attached hydrogens (tertiary/aromatic N) is 2. The molecule has 2 heterocycles. The molecule has 1 aliphatic heterocycles. The van der Waals surface area contributed by atoms with E-state index >= 15 is 0 Å². The number of halogens is 2. The van der Waals surface area contributed by atoms with Gasteiger partial charge >= 0.3 is 0 Å². The van der Waals surface area contributed by atoms with E-state index < -0.39 is 0 Å². The average Bonchev–Trinajstić information content (AvgIpc) is 2.76. The third kappa shape index (κ3) is 6.09. The Bertz CT molecular complexity index is 1070.